The van der Waals surface area contributed by atoms with Gasteiger partial charge < -0.3 is 23.7 Å². The van der Waals surface area contributed by atoms with Gasteiger partial charge in [-0.3, -0.25) is 0 Å². The standard InChI is InChI=1S/C11H18O5/c1-3-12-9-5-6-11(16-9,15-4-2)10-13-7-8-14-10/h5-6,9-10H,3-4,7-8H2,1-2H3/t9-,11-/m1/s1. The average Bonchev–Trinajstić information content (AvgIpc) is 2.88. The molecule has 0 bridgehead atoms. The molecule has 2 heterocycles. The third-order valence-corrected chi connectivity index (χ3v) is 2.44. The summed E-state index contributed by atoms with van der Waals surface area (Å²) < 4.78 is 27.6. The molecule has 0 aromatic carbocycles. The number of rotatable bonds is 5. The maximum Gasteiger partial charge on any atom is 0.243 e. The minimum Gasteiger partial charge on any atom is -0.349 e. The SMILES string of the molecule is CCO[C@H]1C=C[C@](OCC)(C2OCCO2)O1. The molecule has 1 saturated heterocycles. The van der Waals surface area contributed by atoms with Gasteiger partial charge in [0.1, 0.15) is 0 Å². The van der Waals surface area contributed by atoms with E-state index in [2.05, 4.69) is 0 Å². The maximum absolute atomic E-state index is 5.71. The monoisotopic (exact) mass is 230 g/mol. The Morgan fingerprint density at radius 1 is 1.25 bits per heavy atom. The van der Waals surface area contributed by atoms with Crippen molar-refractivity contribution in [3.63, 3.8) is 0 Å². The predicted molar refractivity (Wildman–Crippen MR) is 55.7 cm³/mol. The highest BCUT2D eigenvalue weighted by Gasteiger charge is 2.47. The Labute approximate surface area is 95.3 Å². The largest absolute Gasteiger partial charge is 0.349 e. The smallest absolute Gasteiger partial charge is 0.243 e. The Bertz CT molecular complexity index is 249. The van der Waals surface area contributed by atoms with Crippen LogP contribution in [0.25, 0.3) is 0 Å². The normalized spacial score (nSPS) is 35.0. The summed E-state index contributed by atoms with van der Waals surface area (Å²) >= 11 is 0. The fraction of sp³-hybridized carbons (Fsp3) is 0.818. The zero-order chi connectivity index (χ0) is 11.4. The van der Waals surface area contributed by atoms with Gasteiger partial charge in [-0.05, 0) is 26.0 Å². The van der Waals surface area contributed by atoms with Gasteiger partial charge in [-0.1, -0.05) is 0 Å². The molecule has 0 unspecified atom stereocenters. The van der Waals surface area contributed by atoms with Crippen LogP contribution in [-0.2, 0) is 23.7 Å². The average molecular weight is 230 g/mol. The van der Waals surface area contributed by atoms with Crippen molar-refractivity contribution < 1.29 is 23.7 Å². The van der Waals surface area contributed by atoms with Crippen molar-refractivity contribution in [1.82, 2.24) is 0 Å². The molecule has 0 amide bonds. The summed E-state index contributed by atoms with van der Waals surface area (Å²) in [6, 6.07) is 0. The maximum atomic E-state index is 5.71. The van der Waals surface area contributed by atoms with Gasteiger partial charge in [0.05, 0.1) is 13.2 Å². The molecular formula is C11H18O5. The van der Waals surface area contributed by atoms with E-state index in [9.17, 15) is 0 Å². The molecule has 16 heavy (non-hydrogen) atoms. The quantitative estimate of drug-likeness (QED) is 0.660. The zero-order valence-electron chi connectivity index (χ0n) is 9.68. The first-order chi connectivity index (χ1) is 7.80. The molecule has 0 aliphatic carbocycles. The van der Waals surface area contributed by atoms with Crippen LogP contribution in [0.4, 0.5) is 0 Å². The summed E-state index contributed by atoms with van der Waals surface area (Å²) in [5.74, 6) is -0.953. The molecule has 0 spiro atoms. The van der Waals surface area contributed by atoms with Gasteiger partial charge in [0.2, 0.25) is 12.1 Å². The van der Waals surface area contributed by atoms with E-state index in [4.69, 9.17) is 23.7 Å². The first-order valence-corrected chi connectivity index (χ1v) is 5.66. The second-order valence-corrected chi connectivity index (χ2v) is 3.53. The summed E-state index contributed by atoms with van der Waals surface area (Å²) in [6.07, 6.45) is 2.75. The summed E-state index contributed by atoms with van der Waals surface area (Å²) in [5.41, 5.74) is 0. The molecule has 0 N–H and O–H groups in total. The van der Waals surface area contributed by atoms with Crippen LogP contribution in [0.1, 0.15) is 13.8 Å². The van der Waals surface area contributed by atoms with Gasteiger partial charge in [0, 0.05) is 13.2 Å². The summed E-state index contributed by atoms with van der Waals surface area (Å²) in [7, 11) is 0. The van der Waals surface area contributed by atoms with Crippen LogP contribution in [0.5, 0.6) is 0 Å². The summed E-state index contributed by atoms with van der Waals surface area (Å²) in [4.78, 5) is 0. The lowest BCUT2D eigenvalue weighted by atomic mass is 10.2. The second-order valence-electron chi connectivity index (χ2n) is 3.53. The first-order valence-electron chi connectivity index (χ1n) is 5.66. The van der Waals surface area contributed by atoms with Gasteiger partial charge in [0.25, 0.3) is 0 Å². The minimum atomic E-state index is -0.953. The van der Waals surface area contributed by atoms with Crippen molar-refractivity contribution in [3.8, 4) is 0 Å². The van der Waals surface area contributed by atoms with Crippen LogP contribution in [0.2, 0.25) is 0 Å². The third kappa shape index (κ3) is 2.28. The lowest BCUT2D eigenvalue weighted by Crippen LogP contribution is -2.46. The molecule has 0 radical (unpaired) electrons. The van der Waals surface area contributed by atoms with E-state index in [1.807, 2.05) is 26.0 Å². The van der Waals surface area contributed by atoms with E-state index in [1.54, 1.807) is 0 Å². The molecular weight excluding hydrogens is 212 g/mol. The summed E-state index contributed by atoms with van der Waals surface area (Å²) in [5, 5.41) is 0. The van der Waals surface area contributed by atoms with E-state index in [-0.39, 0.29) is 6.29 Å². The van der Waals surface area contributed by atoms with E-state index < -0.39 is 12.1 Å². The molecule has 1 fully saturated rings. The minimum absolute atomic E-state index is 0.385. The number of hydrogen-bond acceptors (Lipinski definition) is 5. The Morgan fingerprint density at radius 3 is 2.62 bits per heavy atom. The molecule has 2 rings (SSSR count). The highest BCUT2D eigenvalue weighted by atomic mass is 16.8. The Hall–Kier alpha value is -0.460. The third-order valence-electron chi connectivity index (χ3n) is 2.44. The van der Waals surface area contributed by atoms with Gasteiger partial charge in [-0.25, -0.2) is 0 Å². The molecule has 92 valence electrons. The molecule has 0 aromatic rings. The van der Waals surface area contributed by atoms with Crippen molar-refractivity contribution in [1.29, 1.82) is 0 Å². The van der Waals surface area contributed by atoms with Crippen LogP contribution in [0, 0.1) is 0 Å². The number of ether oxygens (including phenoxy) is 5. The van der Waals surface area contributed by atoms with E-state index >= 15 is 0 Å². The van der Waals surface area contributed by atoms with Crippen molar-refractivity contribution in [2.75, 3.05) is 26.4 Å². The fourth-order valence-electron chi connectivity index (χ4n) is 1.83. The molecule has 2 aliphatic heterocycles. The van der Waals surface area contributed by atoms with Crippen LogP contribution < -0.4 is 0 Å². The molecule has 2 atom stereocenters. The van der Waals surface area contributed by atoms with Crippen molar-refractivity contribution in [3.05, 3.63) is 12.2 Å². The van der Waals surface area contributed by atoms with Crippen molar-refractivity contribution >= 4 is 0 Å². The lowest BCUT2D eigenvalue weighted by Gasteiger charge is -2.32. The highest BCUT2D eigenvalue weighted by molar-refractivity contribution is 5.07. The van der Waals surface area contributed by atoms with E-state index in [1.165, 1.54) is 0 Å². The van der Waals surface area contributed by atoms with Gasteiger partial charge >= 0.3 is 0 Å². The second kappa shape index (κ2) is 5.25. The van der Waals surface area contributed by atoms with Crippen LogP contribution in [0.3, 0.4) is 0 Å². The molecule has 2 aliphatic rings. The van der Waals surface area contributed by atoms with Crippen LogP contribution in [0.15, 0.2) is 12.2 Å². The topological polar surface area (TPSA) is 46.2 Å². The molecule has 0 aromatic heterocycles. The van der Waals surface area contributed by atoms with E-state index in [0.29, 0.717) is 26.4 Å². The Balaban J connectivity index is 2.03. The summed E-state index contributed by atoms with van der Waals surface area (Å²) in [6.45, 7) is 6.06. The van der Waals surface area contributed by atoms with Gasteiger partial charge in [0.15, 0.2) is 6.29 Å². The molecule has 5 nitrogen and oxygen atoms in total. The first kappa shape index (κ1) is 12.0. The van der Waals surface area contributed by atoms with Gasteiger partial charge in [-0.15, -0.1) is 0 Å². The predicted octanol–water partition coefficient (Wildman–Crippen LogP) is 1.04. The Kier molecular flexibility index (Phi) is 3.94. The fourth-order valence-corrected chi connectivity index (χ4v) is 1.83. The van der Waals surface area contributed by atoms with Crippen LogP contribution >= 0.6 is 0 Å². The molecule has 0 saturated carbocycles. The molecule has 5 heteroatoms. The lowest BCUT2D eigenvalue weighted by molar-refractivity contribution is -0.327. The zero-order valence-corrected chi connectivity index (χ0v) is 9.68. The van der Waals surface area contributed by atoms with Crippen LogP contribution in [-0.4, -0.2) is 44.8 Å². The Morgan fingerprint density at radius 2 is 2.00 bits per heavy atom. The highest BCUT2D eigenvalue weighted by Crippen LogP contribution is 2.33. The van der Waals surface area contributed by atoms with Crippen molar-refractivity contribution in [2.45, 2.75) is 32.2 Å². The van der Waals surface area contributed by atoms with Gasteiger partial charge in [-0.2, -0.15) is 0 Å². The van der Waals surface area contributed by atoms with E-state index in [0.717, 1.165) is 0 Å². The number of hydrogen-bond donors (Lipinski definition) is 0. The van der Waals surface area contributed by atoms with Crippen molar-refractivity contribution in [2.24, 2.45) is 0 Å².